The third-order valence-corrected chi connectivity index (χ3v) is 5.80. The number of anilines is 2. The lowest BCUT2D eigenvalue weighted by molar-refractivity contribution is 0.415. The number of methoxy groups -OCH3 is 1. The molecule has 2 aromatic carbocycles. The Morgan fingerprint density at radius 2 is 1.93 bits per heavy atom. The first-order chi connectivity index (χ1) is 13.7. The van der Waals surface area contributed by atoms with E-state index < -0.39 is 0 Å². The van der Waals surface area contributed by atoms with Gasteiger partial charge in [0, 0.05) is 22.4 Å². The molecular formula is C20H19N5OS2. The van der Waals surface area contributed by atoms with Crippen LogP contribution in [0.3, 0.4) is 0 Å². The Hall–Kier alpha value is -2.84. The predicted octanol–water partition coefficient (Wildman–Crippen LogP) is 5.28. The summed E-state index contributed by atoms with van der Waals surface area (Å²) in [5, 5.41) is 14.3. The van der Waals surface area contributed by atoms with Gasteiger partial charge in [-0.15, -0.1) is 16.4 Å². The molecule has 2 heterocycles. The Labute approximate surface area is 171 Å². The Morgan fingerprint density at radius 1 is 1.11 bits per heavy atom. The summed E-state index contributed by atoms with van der Waals surface area (Å²) in [6.45, 7) is 2.08. The number of thiazole rings is 1. The van der Waals surface area contributed by atoms with E-state index in [0.717, 1.165) is 33.7 Å². The molecule has 0 amide bonds. The van der Waals surface area contributed by atoms with Gasteiger partial charge in [-0.1, -0.05) is 30.0 Å². The molecule has 0 unspecified atom stereocenters. The molecule has 0 spiro atoms. The summed E-state index contributed by atoms with van der Waals surface area (Å²) in [4.78, 5) is 9.21. The maximum atomic E-state index is 5.18. The van der Waals surface area contributed by atoms with Crippen molar-refractivity contribution < 1.29 is 4.74 Å². The number of aromatic amines is 1. The van der Waals surface area contributed by atoms with Gasteiger partial charge in [0.05, 0.1) is 12.8 Å². The fourth-order valence-corrected chi connectivity index (χ4v) is 4.11. The molecule has 4 rings (SSSR count). The summed E-state index contributed by atoms with van der Waals surface area (Å²) in [6, 6.07) is 15.9. The van der Waals surface area contributed by atoms with Crippen molar-refractivity contribution in [1.82, 2.24) is 20.2 Å². The van der Waals surface area contributed by atoms with Gasteiger partial charge in [-0.3, -0.25) is 5.10 Å². The minimum absolute atomic E-state index is 0.701. The number of para-hydroxylation sites is 1. The Bertz CT molecular complexity index is 1060. The maximum absolute atomic E-state index is 5.18. The van der Waals surface area contributed by atoms with Crippen molar-refractivity contribution in [2.75, 3.05) is 12.4 Å². The Balaban J connectivity index is 1.37. The SMILES string of the molecule is COc1ccc(-c2nc(SCc3csc(Nc4ccccc4C)n3)n[nH]2)cc1. The van der Waals surface area contributed by atoms with Crippen LogP contribution in [-0.4, -0.2) is 27.3 Å². The van der Waals surface area contributed by atoms with Crippen LogP contribution in [0.5, 0.6) is 5.75 Å². The largest absolute Gasteiger partial charge is 0.497 e. The Kier molecular flexibility index (Phi) is 5.59. The molecule has 0 saturated carbocycles. The zero-order chi connectivity index (χ0) is 19.3. The zero-order valence-corrected chi connectivity index (χ0v) is 17.1. The summed E-state index contributed by atoms with van der Waals surface area (Å²) >= 11 is 3.16. The highest BCUT2D eigenvalue weighted by Crippen LogP contribution is 2.27. The monoisotopic (exact) mass is 409 g/mol. The van der Waals surface area contributed by atoms with Crippen LogP contribution in [0.25, 0.3) is 11.4 Å². The van der Waals surface area contributed by atoms with E-state index in [1.807, 2.05) is 36.4 Å². The first-order valence-electron chi connectivity index (χ1n) is 8.68. The van der Waals surface area contributed by atoms with Gasteiger partial charge < -0.3 is 10.1 Å². The van der Waals surface area contributed by atoms with Crippen LogP contribution in [0.2, 0.25) is 0 Å². The van der Waals surface area contributed by atoms with E-state index >= 15 is 0 Å². The lowest BCUT2D eigenvalue weighted by Crippen LogP contribution is -1.92. The molecule has 0 saturated heterocycles. The number of H-pyrrole nitrogens is 1. The smallest absolute Gasteiger partial charge is 0.209 e. The molecular weight excluding hydrogens is 390 g/mol. The van der Waals surface area contributed by atoms with Crippen molar-refractivity contribution in [3.8, 4) is 17.1 Å². The first kappa shape index (κ1) is 18.5. The van der Waals surface area contributed by atoms with Crippen LogP contribution in [0.4, 0.5) is 10.8 Å². The van der Waals surface area contributed by atoms with Crippen molar-refractivity contribution in [2.24, 2.45) is 0 Å². The minimum Gasteiger partial charge on any atom is -0.497 e. The lowest BCUT2D eigenvalue weighted by atomic mass is 10.2. The third-order valence-electron chi connectivity index (χ3n) is 4.12. The van der Waals surface area contributed by atoms with E-state index in [1.54, 1.807) is 30.2 Å². The van der Waals surface area contributed by atoms with E-state index in [2.05, 4.69) is 49.9 Å². The number of nitrogens with zero attached hydrogens (tertiary/aromatic N) is 3. The van der Waals surface area contributed by atoms with E-state index in [1.165, 1.54) is 5.56 Å². The van der Waals surface area contributed by atoms with Crippen LogP contribution in [0.15, 0.2) is 59.1 Å². The van der Waals surface area contributed by atoms with Gasteiger partial charge in [0.25, 0.3) is 0 Å². The number of hydrogen-bond acceptors (Lipinski definition) is 7. The number of ether oxygens (including phenoxy) is 1. The van der Waals surface area contributed by atoms with E-state index in [4.69, 9.17) is 4.74 Å². The molecule has 0 atom stereocenters. The Morgan fingerprint density at radius 3 is 2.71 bits per heavy atom. The second-order valence-electron chi connectivity index (χ2n) is 6.07. The highest BCUT2D eigenvalue weighted by Gasteiger charge is 2.09. The lowest BCUT2D eigenvalue weighted by Gasteiger charge is -2.05. The van der Waals surface area contributed by atoms with Crippen LogP contribution in [-0.2, 0) is 5.75 Å². The number of aryl methyl sites for hydroxylation is 1. The third kappa shape index (κ3) is 4.35. The van der Waals surface area contributed by atoms with Gasteiger partial charge in [-0.25, -0.2) is 9.97 Å². The average Bonchev–Trinajstić information content (AvgIpc) is 3.38. The van der Waals surface area contributed by atoms with Crippen molar-refractivity contribution in [1.29, 1.82) is 0 Å². The van der Waals surface area contributed by atoms with E-state index in [0.29, 0.717) is 10.9 Å². The highest BCUT2D eigenvalue weighted by atomic mass is 32.2. The molecule has 142 valence electrons. The van der Waals surface area contributed by atoms with Gasteiger partial charge in [0.1, 0.15) is 5.75 Å². The number of rotatable bonds is 7. The second-order valence-corrected chi connectivity index (χ2v) is 7.87. The molecule has 0 bridgehead atoms. The molecule has 28 heavy (non-hydrogen) atoms. The molecule has 4 aromatic rings. The average molecular weight is 410 g/mol. The van der Waals surface area contributed by atoms with Crippen LogP contribution >= 0.6 is 23.1 Å². The molecule has 2 aromatic heterocycles. The normalized spacial score (nSPS) is 10.8. The predicted molar refractivity (Wildman–Crippen MR) is 115 cm³/mol. The highest BCUT2D eigenvalue weighted by molar-refractivity contribution is 7.98. The minimum atomic E-state index is 0.701. The van der Waals surface area contributed by atoms with Crippen LogP contribution in [0.1, 0.15) is 11.3 Å². The summed E-state index contributed by atoms with van der Waals surface area (Å²) in [6.07, 6.45) is 0. The van der Waals surface area contributed by atoms with Crippen molar-refractivity contribution >= 4 is 33.9 Å². The quantitative estimate of drug-likeness (QED) is 0.404. The topological polar surface area (TPSA) is 75.7 Å². The van der Waals surface area contributed by atoms with Crippen LogP contribution < -0.4 is 10.1 Å². The van der Waals surface area contributed by atoms with E-state index in [-0.39, 0.29) is 0 Å². The zero-order valence-electron chi connectivity index (χ0n) is 15.5. The van der Waals surface area contributed by atoms with E-state index in [9.17, 15) is 0 Å². The molecule has 0 fully saturated rings. The number of aromatic nitrogens is 4. The number of benzene rings is 2. The molecule has 0 radical (unpaired) electrons. The molecule has 0 aliphatic carbocycles. The first-order valence-corrected chi connectivity index (χ1v) is 10.5. The summed E-state index contributed by atoms with van der Waals surface area (Å²) < 4.78 is 5.18. The fraction of sp³-hybridized carbons (Fsp3) is 0.150. The number of hydrogen-bond donors (Lipinski definition) is 2. The fourth-order valence-electron chi connectivity index (χ4n) is 2.59. The second kappa shape index (κ2) is 8.45. The van der Waals surface area contributed by atoms with Crippen molar-refractivity contribution in [2.45, 2.75) is 17.8 Å². The van der Waals surface area contributed by atoms with Crippen molar-refractivity contribution in [3.63, 3.8) is 0 Å². The maximum Gasteiger partial charge on any atom is 0.209 e. The summed E-state index contributed by atoms with van der Waals surface area (Å²) in [5.74, 6) is 2.27. The molecule has 0 aliphatic heterocycles. The number of thioether (sulfide) groups is 1. The molecule has 6 nitrogen and oxygen atoms in total. The van der Waals surface area contributed by atoms with Gasteiger partial charge in [-0.05, 0) is 42.8 Å². The number of nitrogens with one attached hydrogen (secondary N) is 2. The van der Waals surface area contributed by atoms with Gasteiger partial charge in [0.2, 0.25) is 5.16 Å². The van der Waals surface area contributed by atoms with Gasteiger partial charge in [-0.2, -0.15) is 0 Å². The molecule has 2 N–H and O–H groups in total. The van der Waals surface area contributed by atoms with Gasteiger partial charge >= 0.3 is 0 Å². The standard InChI is InChI=1S/C20H19N5OS2/c1-13-5-3-4-6-17(13)22-19-21-15(11-27-19)12-28-20-23-18(24-25-20)14-7-9-16(26-2)10-8-14/h3-11H,12H2,1-2H3,(H,21,22)(H,23,24,25). The molecule has 8 heteroatoms. The van der Waals surface area contributed by atoms with Crippen molar-refractivity contribution in [3.05, 3.63) is 65.2 Å². The summed E-state index contributed by atoms with van der Waals surface area (Å²) in [7, 11) is 1.65. The molecule has 0 aliphatic rings. The van der Waals surface area contributed by atoms with Crippen LogP contribution in [0, 0.1) is 6.92 Å². The summed E-state index contributed by atoms with van der Waals surface area (Å²) in [5.41, 5.74) is 4.25. The van der Waals surface area contributed by atoms with Gasteiger partial charge in [0.15, 0.2) is 11.0 Å².